The van der Waals surface area contributed by atoms with Crippen molar-refractivity contribution < 1.29 is 19.4 Å². The van der Waals surface area contributed by atoms with Crippen molar-refractivity contribution in [2.75, 3.05) is 6.54 Å². The van der Waals surface area contributed by atoms with E-state index in [1.807, 2.05) is 30.3 Å². The summed E-state index contributed by atoms with van der Waals surface area (Å²) in [4.78, 5) is 21.9. The first-order chi connectivity index (χ1) is 8.66. The molecule has 1 amide bonds. The van der Waals surface area contributed by atoms with Gasteiger partial charge in [-0.3, -0.25) is 4.79 Å². The third kappa shape index (κ3) is 3.48. The molecule has 1 aliphatic rings. The van der Waals surface area contributed by atoms with Crippen molar-refractivity contribution in [3.05, 3.63) is 35.9 Å². The summed E-state index contributed by atoms with van der Waals surface area (Å²) in [7, 11) is 0. The van der Waals surface area contributed by atoms with Gasteiger partial charge in [-0.15, -0.1) is 0 Å². The zero-order valence-corrected chi connectivity index (χ0v) is 9.83. The van der Waals surface area contributed by atoms with E-state index < -0.39 is 12.1 Å². The Hall–Kier alpha value is -2.04. The van der Waals surface area contributed by atoms with E-state index in [1.54, 1.807) is 0 Å². The van der Waals surface area contributed by atoms with Crippen LogP contribution in [0.1, 0.15) is 12.0 Å². The van der Waals surface area contributed by atoms with Crippen molar-refractivity contribution in [1.29, 1.82) is 0 Å². The quantitative estimate of drug-likeness (QED) is 0.831. The van der Waals surface area contributed by atoms with Gasteiger partial charge in [0.2, 0.25) is 0 Å². The molecule has 2 rings (SSSR count). The Morgan fingerprint density at radius 1 is 1.33 bits per heavy atom. The Balaban J connectivity index is 1.63. The molecule has 18 heavy (non-hydrogen) atoms. The molecule has 1 fully saturated rings. The Labute approximate surface area is 105 Å². The Morgan fingerprint density at radius 2 is 2.06 bits per heavy atom. The van der Waals surface area contributed by atoms with E-state index in [0.717, 1.165) is 5.56 Å². The second kappa shape index (κ2) is 5.53. The predicted octanol–water partition coefficient (Wildman–Crippen LogP) is 1.63. The van der Waals surface area contributed by atoms with E-state index in [2.05, 4.69) is 5.32 Å². The molecule has 2 N–H and O–H groups in total. The van der Waals surface area contributed by atoms with E-state index in [1.165, 1.54) is 0 Å². The summed E-state index contributed by atoms with van der Waals surface area (Å²) in [5.41, 5.74) is 0.919. The van der Waals surface area contributed by atoms with E-state index in [0.29, 0.717) is 13.0 Å². The second-order valence-corrected chi connectivity index (χ2v) is 4.38. The monoisotopic (exact) mass is 249 g/mol. The third-order valence-electron chi connectivity index (χ3n) is 2.96. The molecule has 0 aromatic heterocycles. The molecule has 0 aliphatic heterocycles. The number of carboxylic acids is 1. The van der Waals surface area contributed by atoms with Crippen LogP contribution >= 0.6 is 0 Å². The van der Waals surface area contributed by atoms with Crippen LogP contribution in [0.3, 0.4) is 0 Å². The molecule has 0 spiro atoms. The molecular formula is C13H15NO4. The molecule has 5 heteroatoms. The topological polar surface area (TPSA) is 75.6 Å². The van der Waals surface area contributed by atoms with Crippen LogP contribution in [0.25, 0.3) is 0 Å². The fourth-order valence-corrected chi connectivity index (χ4v) is 1.76. The molecule has 1 aliphatic carbocycles. The number of aliphatic carboxylic acids is 1. The number of alkyl carbamates (subject to hydrolysis) is 1. The maximum atomic E-state index is 11.3. The average Bonchev–Trinajstić information content (AvgIpc) is 3.15. The first-order valence-electron chi connectivity index (χ1n) is 5.84. The van der Waals surface area contributed by atoms with Crippen LogP contribution in [0.2, 0.25) is 0 Å². The standard InChI is InChI=1S/C13H15NO4/c15-12(16)11-6-10(11)7-14-13(17)18-8-9-4-2-1-3-5-9/h1-5,10-11H,6-8H2,(H,14,17)(H,15,16)/t10-,11+/m0/s1. The maximum absolute atomic E-state index is 11.3. The summed E-state index contributed by atoms with van der Waals surface area (Å²) in [6.07, 6.45) is 0.129. The van der Waals surface area contributed by atoms with Crippen molar-refractivity contribution in [2.24, 2.45) is 11.8 Å². The Bertz CT molecular complexity index is 432. The van der Waals surface area contributed by atoms with E-state index >= 15 is 0 Å². The zero-order chi connectivity index (χ0) is 13.0. The maximum Gasteiger partial charge on any atom is 0.407 e. The van der Waals surface area contributed by atoms with Gasteiger partial charge in [0.15, 0.2) is 0 Å². The Kier molecular flexibility index (Phi) is 3.82. The number of rotatable bonds is 5. The van der Waals surface area contributed by atoms with Gasteiger partial charge in [-0.05, 0) is 17.9 Å². The van der Waals surface area contributed by atoms with Gasteiger partial charge in [0.05, 0.1) is 5.92 Å². The van der Waals surface area contributed by atoms with E-state index in [-0.39, 0.29) is 18.4 Å². The molecule has 0 heterocycles. The lowest BCUT2D eigenvalue weighted by atomic mass is 10.2. The second-order valence-electron chi connectivity index (χ2n) is 4.38. The number of hydrogen-bond acceptors (Lipinski definition) is 3. The molecule has 1 aromatic rings. The highest BCUT2D eigenvalue weighted by Crippen LogP contribution is 2.37. The van der Waals surface area contributed by atoms with Crippen molar-refractivity contribution >= 4 is 12.1 Å². The number of ether oxygens (including phenoxy) is 1. The number of hydrogen-bond donors (Lipinski definition) is 2. The molecule has 1 saturated carbocycles. The minimum absolute atomic E-state index is 0.0479. The van der Waals surface area contributed by atoms with Gasteiger partial charge < -0.3 is 15.2 Å². The highest BCUT2D eigenvalue weighted by Gasteiger charge is 2.43. The first-order valence-corrected chi connectivity index (χ1v) is 5.84. The van der Waals surface area contributed by atoms with Crippen molar-refractivity contribution in [3.8, 4) is 0 Å². The van der Waals surface area contributed by atoms with Crippen LogP contribution in [0, 0.1) is 11.8 Å². The number of amides is 1. The lowest BCUT2D eigenvalue weighted by Gasteiger charge is -2.06. The van der Waals surface area contributed by atoms with Crippen LogP contribution in [0.15, 0.2) is 30.3 Å². The van der Waals surface area contributed by atoms with Crippen molar-refractivity contribution in [1.82, 2.24) is 5.32 Å². The summed E-state index contributed by atoms with van der Waals surface area (Å²) in [5, 5.41) is 11.3. The van der Waals surface area contributed by atoms with Crippen molar-refractivity contribution in [2.45, 2.75) is 13.0 Å². The molecule has 1 aromatic carbocycles. The highest BCUT2D eigenvalue weighted by molar-refractivity contribution is 5.74. The summed E-state index contributed by atoms with van der Waals surface area (Å²) in [6, 6.07) is 9.38. The smallest absolute Gasteiger partial charge is 0.407 e. The van der Waals surface area contributed by atoms with E-state index in [9.17, 15) is 9.59 Å². The van der Waals surface area contributed by atoms with Crippen LogP contribution < -0.4 is 5.32 Å². The summed E-state index contributed by atoms with van der Waals surface area (Å²) in [5.74, 6) is -1.05. The average molecular weight is 249 g/mol. The number of benzene rings is 1. The Morgan fingerprint density at radius 3 is 2.67 bits per heavy atom. The van der Waals surface area contributed by atoms with Crippen LogP contribution in [0.4, 0.5) is 4.79 Å². The van der Waals surface area contributed by atoms with Gasteiger partial charge in [0, 0.05) is 6.54 Å². The lowest BCUT2D eigenvalue weighted by molar-refractivity contribution is -0.138. The van der Waals surface area contributed by atoms with Gasteiger partial charge in [0.25, 0.3) is 0 Å². The zero-order valence-electron chi connectivity index (χ0n) is 9.83. The minimum atomic E-state index is -0.792. The predicted molar refractivity (Wildman–Crippen MR) is 63.9 cm³/mol. The SMILES string of the molecule is O=C(NC[C@@H]1C[C@H]1C(=O)O)OCc1ccccc1. The van der Waals surface area contributed by atoms with Crippen LogP contribution in [-0.2, 0) is 16.1 Å². The van der Waals surface area contributed by atoms with Crippen LogP contribution in [-0.4, -0.2) is 23.7 Å². The van der Waals surface area contributed by atoms with Crippen molar-refractivity contribution in [3.63, 3.8) is 0 Å². The van der Waals surface area contributed by atoms with Gasteiger partial charge >= 0.3 is 12.1 Å². The molecular weight excluding hydrogens is 234 g/mol. The van der Waals surface area contributed by atoms with Gasteiger partial charge in [-0.2, -0.15) is 0 Å². The molecule has 96 valence electrons. The van der Waals surface area contributed by atoms with Gasteiger partial charge in [-0.1, -0.05) is 30.3 Å². The molecule has 5 nitrogen and oxygen atoms in total. The minimum Gasteiger partial charge on any atom is -0.481 e. The third-order valence-corrected chi connectivity index (χ3v) is 2.96. The molecule has 0 radical (unpaired) electrons. The van der Waals surface area contributed by atoms with Crippen LogP contribution in [0.5, 0.6) is 0 Å². The van der Waals surface area contributed by atoms with Gasteiger partial charge in [-0.25, -0.2) is 4.79 Å². The lowest BCUT2D eigenvalue weighted by Crippen LogP contribution is -2.27. The fraction of sp³-hybridized carbons (Fsp3) is 0.385. The molecule has 2 atom stereocenters. The number of nitrogens with one attached hydrogen (secondary N) is 1. The number of carbonyl (C=O) groups excluding carboxylic acids is 1. The molecule has 0 saturated heterocycles. The first kappa shape index (κ1) is 12.4. The number of carboxylic acid groups (broad SMARTS) is 1. The highest BCUT2D eigenvalue weighted by atomic mass is 16.5. The van der Waals surface area contributed by atoms with Gasteiger partial charge in [0.1, 0.15) is 6.61 Å². The molecule has 0 bridgehead atoms. The summed E-state index contributed by atoms with van der Waals surface area (Å²) in [6.45, 7) is 0.588. The normalized spacial score (nSPS) is 21.1. The summed E-state index contributed by atoms with van der Waals surface area (Å²) >= 11 is 0. The fourth-order valence-electron chi connectivity index (χ4n) is 1.76. The molecule has 0 unspecified atom stereocenters. The summed E-state index contributed by atoms with van der Waals surface area (Å²) < 4.78 is 5.00. The number of carbonyl (C=O) groups is 2. The largest absolute Gasteiger partial charge is 0.481 e. The van der Waals surface area contributed by atoms with E-state index in [4.69, 9.17) is 9.84 Å².